The van der Waals surface area contributed by atoms with E-state index in [1.807, 2.05) is 24.5 Å². The molecule has 0 saturated carbocycles. The molecule has 2 N–H and O–H groups in total. The number of nitrogens with one attached hydrogen (secondary N) is 2. The van der Waals surface area contributed by atoms with Gasteiger partial charge in [-0.3, -0.25) is 0 Å². The summed E-state index contributed by atoms with van der Waals surface area (Å²) < 4.78 is 0. The molecule has 0 aliphatic carbocycles. The number of anilines is 1. The fraction of sp³-hybridized carbons (Fsp3) is 0.545. The van der Waals surface area contributed by atoms with E-state index < -0.39 is 0 Å². The third kappa shape index (κ3) is 4.51. The summed E-state index contributed by atoms with van der Waals surface area (Å²) in [6, 6.07) is 4.09. The van der Waals surface area contributed by atoms with Gasteiger partial charge in [-0.1, -0.05) is 20.8 Å². The zero-order chi connectivity index (χ0) is 9.73. The molecule has 2 heteroatoms. The Labute approximate surface area is 80.4 Å². The van der Waals surface area contributed by atoms with Crippen LogP contribution < -0.4 is 10.3 Å². The summed E-state index contributed by atoms with van der Waals surface area (Å²) in [5.74, 6) is 0. The molecule has 0 unspecified atom stereocenters. The van der Waals surface area contributed by atoms with Gasteiger partial charge in [0.2, 0.25) is 0 Å². The van der Waals surface area contributed by atoms with Crippen molar-refractivity contribution in [1.82, 2.24) is 0 Å². The molecule has 13 heavy (non-hydrogen) atoms. The molecule has 72 valence electrons. The highest BCUT2D eigenvalue weighted by atomic mass is 14.9. The van der Waals surface area contributed by atoms with Crippen molar-refractivity contribution in [2.75, 3.05) is 11.9 Å². The lowest BCUT2D eigenvalue weighted by atomic mass is 9.92. The predicted molar refractivity (Wildman–Crippen MR) is 55.6 cm³/mol. The molecular formula is C11H19N2+. The van der Waals surface area contributed by atoms with E-state index in [-0.39, 0.29) is 0 Å². The van der Waals surface area contributed by atoms with E-state index in [4.69, 9.17) is 0 Å². The maximum absolute atomic E-state index is 3.38. The number of hydrogen-bond acceptors (Lipinski definition) is 1. The van der Waals surface area contributed by atoms with E-state index >= 15 is 0 Å². The Morgan fingerprint density at radius 2 is 1.85 bits per heavy atom. The molecule has 2 nitrogen and oxygen atoms in total. The van der Waals surface area contributed by atoms with Crippen LogP contribution in [-0.4, -0.2) is 6.54 Å². The van der Waals surface area contributed by atoms with E-state index in [1.54, 1.807) is 0 Å². The van der Waals surface area contributed by atoms with E-state index in [0.29, 0.717) is 5.41 Å². The van der Waals surface area contributed by atoms with Crippen LogP contribution in [0.4, 0.5) is 5.69 Å². The first kappa shape index (κ1) is 10.0. The molecule has 0 bridgehead atoms. The minimum atomic E-state index is 0.411. The summed E-state index contributed by atoms with van der Waals surface area (Å²) >= 11 is 0. The largest absolute Gasteiger partial charge is 0.385 e. The first-order valence-electron chi connectivity index (χ1n) is 4.78. The van der Waals surface area contributed by atoms with Gasteiger partial charge in [-0.2, -0.15) is 0 Å². The van der Waals surface area contributed by atoms with Crippen LogP contribution in [0.2, 0.25) is 0 Å². The zero-order valence-corrected chi connectivity index (χ0v) is 8.72. The molecule has 1 heterocycles. The average molecular weight is 179 g/mol. The number of aromatic amines is 1. The molecule has 1 aromatic rings. The third-order valence-corrected chi connectivity index (χ3v) is 1.92. The van der Waals surface area contributed by atoms with E-state index in [1.165, 1.54) is 12.1 Å². The van der Waals surface area contributed by atoms with Crippen LogP contribution in [0.1, 0.15) is 27.2 Å². The van der Waals surface area contributed by atoms with Crippen LogP contribution >= 0.6 is 0 Å². The Kier molecular flexibility index (Phi) is 3.29. The minimum absolute atomic E-state index is 0.411. The molecule has 0 saturated heterocycles. The number of aromatic nitrogens is 1. The quantitative estimate of drug-likeness (QED) is 0.757. The second kappa shape index (κ2) is 4.26. The molecule has 0 aliphatic rings. The Bertz CT molecular complexity index is 236. The standard InChI is InChI=1S/C11H18N2/c1-11(2,3)6-9-13-10-4-7-12-8-5-10/h4-5,7-8H,6,9H2,1-3H3,(H,12,13)/p+1. The maximum atomic E-state index is 3.38. The second-order valence-electron chi connectivity index (χ2n) is 4.53. The van der Waals surface area contributed by atoms with Crippen molar-refractivity contribution in [2.24, 2.45) is 5.41 Å². The van der Waals surface area contributed by atoms with Gasteiger partial charge in [-0.05, 0) is 11.8 Å². The van der Waals surface area contributed by atoms with Crippen molar-refractivity contribution < 1.29 is 4.98 Å². The molecule has 1 aromatic heterocycles. The molecule has 0 aliphatic heterocycles. The predicted octanol–water partition coefficient (Wildman–Crippen LogP) is 2.35. The molecule has 0 aromatic carbocycles. The topological polar surface area (TPSA) is 26.2 Å². The van der Waals surface area contributed by atoms with E-state index in [9.17, 15) is 0 Å². The van der Waals surface area contributed by atoms with Gasteiger partial charge in [0, 0.05) is 24.4 Å². The van der Waals surface area contributed by atoms with Gasteiger partial charge in [-0.25, -0.2) is 4.98 Å². The van der Waals surface area contributed by atoms with Gasteiger partial charge in [0.1, 0.15) is 0 Å². The Morgan fingerprint density at radius 1 is 1.23 bits per heavy atom. The van der Waals surface area contributed by atoms with Gasteiger partial charge >= 0.3 is 0 Å². The summed E-state index contributed by atoms with van der Waals surface area (Å²) in [5, 5.41) is 3.38. The monoisotopic (exact) mass is 179 g/mol. The highest BCUT2D eigenvalue weighted by molar-refractivity contribution is 5.39. The van der Waals surface area contributed by atoms with Crippen molar-refractivity contribution in [2.45, 2.75) is 27.2 Å². The zero-order valence-electron chi connectivity index (χ0n) is 8.72. The van der Waals surface area contributed by atoms with Gasteiger partial charge in [-0.15, -0.1) is 0 Å². The van der Waals surface area contributed by atoms with Crippen LogP contribution in [0.25, 0.3) is 0 Å². The molecule has 0 fully saturated rings. The SMILES string of the molecule is CC(C)(C)CCNc1cc[nH+]cc1. The number of hydrogen-bond donors (Lipinski definition) is 1. The van der Waals surface area contributed by atoms with Crippen molar-refractivity contribution in [3.05, 3.63) is 24.5 Å². The Morgan fingerprint density at radius 3 is 2.38 bits per heavy atom. The maximum Gasteiger partial charge on any atom is 0.169 e. The first-order chi connectivity index (χ1) is 6.08. The van der Waals surface area contributed by atoms with Crippen LogP contribution in [0.3, 0.4) is 0 Å². The summed E-state index contributed by atoms with van der Waals surface area (Å²) in [5.41, 5.74) is 1.59. The summed E-state index contributed by atoms with van der Waals surface area (Å²) in [7, 11) is 0. The average Bonchev–Trinajstić information content (AvgIpc) is 2.04. The summed E-state index contributed by atoms with van der Waals surface area (Å²) in [6.45, 7) is 7.81. The first-order valence-corrected chi connectivity index (χ1v) is 4.78. The van der Waals surface area contributed by atoms with Crippen LogP contribution in [-0.2, 0) is 0 Å². The third-order valence-electron chi connectivity index (χ3n) is 1.92. The van der Waals surface area contributed by atoms with Gasteiger partial charge in [0.15, 0.2) is 12.4 Å². The Hall–Kier alpha value is -1.05. The molecule has 1 rings (SSSR count). The van der Waals surface area contributed by atoms with Crippen molar-refractivity contribution >= 4 is 5.69 Å². The molecule has 0 amide bonds. The Balaban J connectivity index is 2.29. The normalized spacial score (nSPS) is 11.3. The molecule has 0 atom stereocenters. The minimum Gasteiger partial charge on any atom is -0.385 e. The van der Waals surface area contributed by atoms with Crippen LogP contribution in [0, 0.1) is 5.41 Å². The van der Waals surface area contributed by atoms with E-state index in [2.05, 4.69) is 31.1 Å². The number of H-pyrrole nitrogens is 1. The highest BCUT2D eigenvalue weighted by Gasteiger charge is 2.08. The van der Waals surface area contributed by atoms with Crippen molar-refractivity contribution in [3.63, 3.8) is 0 Å². The fourth-order valence-corrected chi connectivity index (χ4v) is 1.09. The van der Waals surface area contributed by atoms with Gasteiger partial charge < -0.3 is 5.32 Å². The smallest absolute Gasteiger partial charge is 0.169 e. The molecule has 0 radical (unpaired) electrons. The lowest BCUT2D eigenvalue weighted by Crippen LogP contribution is -2.13. The van der Waals surface area contributed by atoms with Crippen LogP contribution in [0.5, 0.6) is 0 Å². The summed E-state index contributed by atoms with van der Waals surface area (Å²) in [4.78, 5) is 3.00. The molecular weight excluding hydrogens is 160 g/mol. The number of pyridine rings is 1. The van der Waals surface area contributed by atoms with Crippen molar-refractivity contribution in [1.29, 1.82) is 0 Å². The van der Waals surface area contributed by atoms with E-state index in [0.717, 1.165) is 6.54 Å². The second-order valence-corrected chi connectivity index (χ2v) is 4.53. The van der Waals surface area contributed by atoms with Gasteiger partial charge in [0.05, 0.1) is 0 Å². The van der Waals surface area contributed by atoms with Crippen LogP contribution in [0.15, 0.2) is 24.5 Å². The lowest BCUT2D eigenvalue weighted by molar-refractivity contribution is -0.377. The summed E-state index contributed by atoms with van der Waals surface area (Å²) in [6.07, 6.45) is 5.05. The van der Waals surface area contributed by atoms with Gasteiger partial charge in [0.25, 0.3) is 0 Å². The number of rotatable bonds is 3. The highest BCUT2D eigenvalue weighted by Crippen LogP contribution is 2.18. The lowest BCUT2D eigenvalue weighted by Gasteiger charge is -2.18. The van der Waals surface area contributed by atoms with Crippen molar-refractivity contribution in [3.8, 4) is 0 Å². The molecule has 0 spiro atoms. The fourth-order valence-electron chi connectivity index (χ4n) is 1.09.